The second kappa shape index (κ2) is 8.44. The number of anilines is 1. The Hall–Kier alpha value is -3.22. The number of nitrogens with zero attached hydrogens (tertiary/aromatic N) is 2. The Balaban J connectivity index is 1.70. The van der Waals surface area contributed by atoms with Gasteiger partial charge in [0.1, 0.15) is 0 Å². The molecule has 2 amide bonds. The van der Waals surface area contributed by atoms with E-state index in [9.17, 15) is 19.7 Å². The topological polar surface area (TPSA) is 92.6 Å². The molecule has 0 aliphatic carbocycles. The van der Waals surface area contributed by atoms with Gasteiger partial charge in [-0.3, -0.25) is 19.7 Å². The summed E-state index contributed by atoms with van der Waals surface area (Å²) in [6.45, 7) is 1.52. The minimum Gasteiger partial charge on any atom is -0.339 e. The Labute approximate surface area is 157 Å². The van der Waals surface area contributed by atoms with Crippen molar-refractivity contribution in [2.75, 3.05) is 18.4 Å². The molecule has 1 fully saturated rings. The number of carbonyl (C=O) groups excluding carboxylic acids is 2. The summed E-state index contributed by atoms with van der Waals surface area (Å²) in [5.74, 6) is -0.410. The van der Waals surface area contributed by atoms with Crippen molar-refractivity contribution in [3.05, 3.63) is 69.8 Å². The SMILES string of the molecule is O=C(Nc1cccc(C(=O)N2CCCCCC2)c1)c1ccc([N+](=O)[O-])cc1. The van der Waals surface area contributed by atoms with Gasteiger partial charge in [-0.25, -0.2) is 0 Å². The van der Waals surface area contributed by atoms with Crippen molar-refractivity contribution in [2.45, 2.75) is 25.7 Å². The number of benzene rings is 2. The molecule has 27 heavy (non-hydrogen) atoms. The predicted molar refractivity (Wildman–Crippen MR) is 102 cm³/mol. The van der Waals surface area contributed by atoms with Gasteiger partial charge in [0.15, 0.2) is 0 Å². The summed E-state index contributed by atoms with van der Waals surface area (Å²) in [5.41, 5.74) is 1.29. The first-order valence-electron chi connectivity index (χ1n) is 9.00. The van der Waals surface area contributed by atoms with Gasteiger partial charge >= 0.3 is 0 Å². The third-order valence-corrected chi connectivity index (χ3v) is 4.60. The van der Waals surface area contributed by atoms with Crippen molar-refractivity contribution < 1.29 is 14.5 Å². The normalized spacial score (nSPS) is 14.3. The highest BCUT2D eigenvalue weighted by atomic mass is 16.6. The molecule has 0 atom stereocenters. The fourth-order valence-electron chi connectivity index (χ4n) is 3.12. The molecular weight excluding hydrogens is 346 g/mol. The van der Waals surface area contributed by atoms with Crippen molar-refractivity contribution >= 4 is 23.2 Å². The zero-order valence-corrected chi connectivity index (χ0v) is 14.9. The maximum absolute atomic E-state index is 12.7. The van der Waals surface area contributed by atoms with E-state index in [4.69, 9.17) is 0 Å². The molecule has 0 saturated carbocycles. The molecule has 1 heterocycles. The van der Waals surface area contributed by atoms with E-state index in [1.54, 1.807) is 24.3 Å². The summed E-state index contributed by atoms with van der Waals surface area (Å²) in [7, 11) is 0. The van der Waals surface area contributed by atoms with Crippen molar-refractivity contribution in [3.63, 3.8) is 0 Å². The summed E-state index contributed by atoms with van der Waals surface area (Å²) in [6.07, 6.45) is 4.33. The van der Waals surface area contributed by atoms with Crippen LogP contribution >= 0.6 is 0 Å². The number of amides is 2. The van der Waals surface area contributed by atoms with Crippen LogP contribution < -0.4 is 5.32 Å². The average molecular weight is 367 g/mol. The molecule has 3 rings (SSSR count). The molecule has 1 aliphatic heterocycles. The number of nitro benzene ring substituents is 1. The maximum Gasteiger partial charge on any atom is 0.269 e. The molecule has 0 aromatic heterocycles. The summed E-state index contributed by atoms with van der Waals surface area (Å²) in [6, 6.07) is 12.2. The molecular formula is C20H21N3O4. The van der Waals surface area contributed by atoms with E-state index in [2.05, 4.69) is 5.32 Å². The van der Waals surface area contributed by atoms with Crippen molar-refractivity contribution in [1.29, 1.82) is 0 Å². The second-order valence-corrected chi connectivity index (χ2v) is 6.55. The average Bonchev–Trinajstić information content (AvgIpc) is 2.97. The third kappa shape index (κ3) is 4.69. The molecule has 7 heteroatoms. The first kappa shape index (κ1) is 18.6. The molecule has 1 saturated heterocycles. The van der Waals surface area contributed by atoms with E-state index >= 15 is 0 Å². The first-order chi connectivity index (χ1) is 13.0. The Bertz CT molecular complexity index is 841. The van der Waals surface area contributed by atoms with E-state index in [1.807, 2.05) is 4.90 Å². The van der Waals surface area contributed by atoms with E-state index in [1.165, 1.54) is 24.3 Å². The monoisotopic (exact) mass is 367 g/mol. The van der Waals surface area contributed by atoms with Gasteiger partial charge in [0.2, 0.25) is 0 Å². The van der Waals surface area contributed by atoms with Gasteiger partial charge in [0.05, 0.1) is 4.92 Å². The van der Waals surface area contributed by atoms with E-state index in [0.29, 0.717) is 16.8 Å². The van der Waals surface area contributed by atoms with Gasteiger partial charge < -0.3 is 10.2 Å². The molecule has 0 spiro atoms. The Morgan fingerprint density at radius 3 is 2.22 bits per heavy atom. The van der Waals surface area contributed by atoms with Crippen molar-refractivity contribution in [2.24, 2.45) is 0 Å². The molecule has 0 bridgehead atoms. The summed E-state index contributed by atoms with van der Waals surface area (Å²) < 4.78 is 0. The van der Waals surface area contributed by atoms with Gasteiger partial charge in [-0.15, -0.1) is 0 Å². The van der Waals surface area contributed by atoms with Gasteiger partial charge in [-0.05, 0) is 43.2 Å². The van der Waals surface area contributed by atoms with Crippen LogP contribution in [0.5, 0.6) is 0 Å². The highest BCUT2D eigenvalue weighted by molar-refractivity contribution is 6.05. The smallest absolute Gasteiger partial charge is 0.269 e. The Kier molecular flexibility index (Phi) is 5.80. The van der Waals surface area contributed by atoms with E-state index < -0.39 is 4.92 Å². The van der Waals surface area contributed by atoms with Crippen LogP contribution in [-0.2, 0) is 0 Å². The number of hydrogen-bond acceptors (Lipinski definition) is 4. The highest BCUT2D eigenvalue weighted by Gasteiger charge is 2.18. The Morgan fingerprint density at radius 1 is 0.926 bits per heavy atom. The lowest BCUT2D eigenvalue weighted by Crippen LogP contribution is -2.31. The number of likely N-dealkylation sites (tertiary alicyclic amines) is 1. The standard InChI is InChI=1S/C20H21N3O4/c24-19(15-8-10-18(11-9-15)23(26)27)21-17-7-5-6-16(14-17)20(25)22-12-3-1-2-4-13-22/h5-11,14H,1-4,12-13H2,(H,21,24). The van der Waals surface area contributed by atoms with Crippen LogP contribution in [0.3, 0.4) is 0 Å². The fraction of sp³-hybridized carbons (Fsp3) is 0.300. The van der Waals surface area contributed by atoms with Crippen LogP contribution in [0, 0.1) is 10.1 Å². The third-order valence-electron chi connectivity index (χ3n) is 4.60. The van der Waals surface area contributed by atoms with Crippen LogP contribution in [0.25, 0.3) is 0 Å². The van der Waals surface area contributed by atoms with Crippen LogP contribution in [-0.4, -0.2) is 34.7 Å². The number of rotatable bonds is 4. The van der Waals surface area contributed by atoms with E-state index in [-0.39, 0.29) is 17.5 Å². The number of hydrogen-bond donors (Lipinski definition) is 1. The number of nitro groups is 1. The highest BCUT2D eigenvalue weighted by Crippen LogP contribution is 2.18. The summed E-state index contributed by atoms with van der Waals surface area (Å²) >= 11 is 0. The zero-order valence-electron chi connectivity index (χ0n) is 14.9. The molecule has 2 aromatic carbocycles. The molecule has 2 aromatic rings. The van der Waals surface area contributed by atoms with Gasteiger partial charge in [-0.2, -0.15) is 0 Å². The molecule has 1 N–H and O–H groups in total. The van der Waals surface area contributed by atoms with Crippen LogP contribution in [0.4, 0.5) is 11.4 Å². The van der Waals surface area contributed by atoms with Gasteiger partial charge in [-0.1, -0.05) is 18.9 Å². The van der Waals surface area contributed by atoms with Crippen molar-refractivity contribution in [3.8, 4) is 0 Å². The fourth-order valence-corrected chi connectivity index (χ4v) is 3.12. The zero-order chi connectivity index (χ0) is 19.2. The minimum absolute atomic E-state index is 0.0247. The number of non-ortho nitro benzene ring substituents is 1. The molecule has 0 unspecified atom stereocenters. The minimum atomic E-state index is -0.514. The predicted octanol–water partition coefficient (Wildman–Crippen LogP) is 3.86. The molecule has 1 aliphatic rings. The lowest BCUT2D eigenvalue weighted by atomic mass is 10.1. The van der Waals surface area contributed by atoms with Gasteiger partial charge in [0.25, 0.3) is 17.5 Å². The number of nitrogens with one attached hydrogen (secondary N) is 1. The molecule has 140 valence electrons. The molecule has 0 radical (unpaired) electrons. The number of carbonyl (C=O) groups is 2. The molecule has 7 nitrogen and oxygen atoms in total. The van der Waals surface area contributed by atoms with Gasteiger partial charge in [0, 0.05) is 42.0 Å². The first-order valence-corrected chi connectivity index (χ1v) is 9.00. The van der Waals surface area contributed by atoms with Crippen molar-refractivity contribution in [1.82, 2.24) is 4.90 Å². The largest absolute Gasteiger partial charge is 0.339 e. The van der Waals surface area contributed by atoms with Crippen LogP contribution in [0.2, 0.25) is 0 Å². The second-order valence-electron chi connectivity index (χ2n) is 6.55. The van der Waals surface area contributed by atoms with E-state index in [0.717, 1.165) is 38.8 Å². The Morgan fingerprint density at radius 2 is 1.59 bits per heavy atom. The summed E-state index contributed by atoms with van der Waals surface area (Å²) in [5, 5.41) is 13.4. The lowest BCUT2D eigenvalue weighted by molar-refractivity contribution is -0.384. The lowest BCUT2D eigenvalue weighted by Gasteiger charge is -2.20. The van der Waals surface area contributed by atoms with Crippen LogP contribution in [0.1, 0.15) is 46.4 Å². The summed E-state index contributed by atoms with van der Waals surface area (Å²) in [4.78, 5) is 37.1. The van der Waals surface area contributed by atoms with Crippen LogP contribution in [0.15, 0.2) is 48.5 Å². The maximum atomic E-state index is 12.7. The quantitative estimate of drug-likeness (QED) is 0.656.